The molecule has 1 aliphatic heterocycles. The van der Waals surface area contributed by atoms with Gasteiger partial charge in [-0.25, -0.2) is 4.79 Å². The van der Waals surface area contributed by atoms with Crippen LogP contribution in [-0.4, -0.2) is 63.0 Å². The van der Waals surface area contributed by atoms with Crippen LogP contribution in [-0.2, 0) is 14.0 Å². The van der Waals surface area contributed by atoms with Gasteiger partial charge in [-0.05, 0) is 72.4 Å². The highest BCUT2D eigenvalue weighted by Crippen LogP contribution is 2.36. The minimum atomic E-state index is -0.564. The van der Waals surface area contributed by atoms with E-state index in [1.807, 2.05) is 52.8 Å². The third-order valence-electron chi connectivity index (χ3n) is 4.77. The molecule has 0 aromatic heterocycles. The number of likely N-dealkylation sites (N-methyl/N-ethyl adjacent to an activating group) is 1. The fraction of sp³-hybridized carbons (Fsp3) is 0.632. The lowest BCUT2D eigenvalue weighted by atomic mass is 9.78. The summed E-state index contributed by atoms with van der Waals surface area (Å²) in [6, 6.07) is 5.31. The Balaban J connectivity index is 2.29. The first-order valence-electron chi connectivity index (χ1n) is 9.01. The molecule has 7 heteroatoms. The fourth-order valence-electron chi connectivity index (χ4n) is 2.50. The molecule has 0 bridgehead atoms. The van der Waals surface area contributed by atoms with Crippen LogP contribution in [0.25, 0.3) is 0 Å². The summed E-state index contributed by atoms with van der Waals surface area (Å²) < 4.78 is 23.2. The summed E-state index contributed by atoms with van der Waals surface area (Å²) >= 11 is 0. The van der Waals surface area contributed by atoms with Gasteiger partial charge in [-0.2, -0.15) is 0 Å². The lowest BCUT2D eigenvalue weighted by Gasteiger charge is -2.32. The molecule has 26 heavy (non-hydrogen) atoms. The maximum atomic E-state index is 12.2. The van der Waals surface area contributed by atoms with E-state index >= 15 is 0 Å². The number of benzene rings is 1. The number of hydrogen-bond acceptors (Lipinski definition) is 6. The van der Waals surface area contributed by atoms with Crippen LogP contribution in [0.3, 0.4) is 0 Å². The third-order valence-corrected chi connectivity index (χ3v) is 4.77. The van der Waals surface area contributed by atoms with Crippen molar-refractivity contribution in [1.82, 2.24) is 4.90 Å². The number of ether oxygens (including phenoxy) is 2. The van der Waals surface area contributed by atoms with E-state index in [0.29, 0.717) is 24.5 Å². The Hall–Kier alpha value is -1.57. The summed E-state index contributed by atoms with van der Waals surface area (Å²) in [5, 5.41) is 0. The fourth-order valence-corrected chi connectivity index (χ4v) is 2.50. The topological polar surface area (TPSA) is 57.2 Å². The molecule has 0 radical (unpaired) electrons. The Bertz CT molecular complexity index is 629. The van der Waals surface area contributed by atoms with Crippen molar-refractivity contribution in [2.45, 2.75) is 45.8 Å². The predicted octanol–water partition coefficient (Wildman–Crippen LogP) is 2.10. The molecule has 1 saturated heterocycles. The second kappa shape index (κ2) is 7.98. The number of hydrogen-bond donors (Lipinski definition) is 0. The minimum absolute atomic E-state index is 0.316. The summed E-state index contributed by atoms with van der Waals surface area (Å²) in [4.78, 5) is 14.3. The molecule has 1 aromatic rings. The van der Waals surface area contributed by atoms with Crippen LogP contribution >= 0.6 is 0 Å². The van der Waals surface area contributed by atoms with Crippen molar-refractivity contribution in [3.05, 3.63) is 23.8 Å². The normalized spacial score (nSPS) is 18.2. The Morgan fingerprint density at radius 3 is 2.27 bits per heavy atom. The highest BCUT2D eigenvalue weighted by molar-refractivity contribution is 6.62. The largest absolute Gasteiger partial charge is 0.494 e. The SMILES string of the molecule is CCOC(=O)c1cc(OCCN(C)C)cc(B2OC(C)(C)C(C)(C)O2)c1. The number of nitrogens with zero attached hydrogens (tertiary/aromatic N) is 1. The zero-order valence-corrected chi connectivity index (χ0v) is 16.9. The molecule has 6 nitrogen and oxygen atoms in total. The smallest absolute Gasteiger partial charge is 0.492 e. The zero-order chi connectivity index (χ0) is 19.5. The molecule has 0 unspecified atom stereocenters. The van der Waals surface area contributed by atoms with Gasteiger partial charge < -0.3 is 23.7 Å². The second-order valence-corrected chi connectivity index (χ2v) is 7.75. The Morgan fingerprint density at radius 2 is 1.73 bits per heavy atom. The van der Waals surface area contributed by atoms with Crippen molar-refractivity contribution in [2.24, 2.45) is 0 Å². The van der Waals surface area contributed by atoms with E-state index < -0.39 is 18.3 Å². The molecular weight excluding hydrogens is 333 g/mol. The average Bonchev–Trinajstić information content (AvgIpc) is 2.75. The van der Waals surface area contributed by atoms with Crippen molar-refractivity contribution in [2.75, 3.05) is 33.9 Å². The van der Waals surface area contributed by atoms with Gasteiger partial charge in [0.2, 0.25) is 0 Å². The molecule has 1 fully saturated rings. The van der Waals surface area contributed by atoms with E-state index in [1.165, 1.54) is 0 Å². The van der Waals surface area contributed by atoms with Crippen LogP contribution in [0.15, 0.2) is 18.2 Å². The summed E-state index contributed by atoms with van der Waals surface area (Å²) in [5.41, 5.74) is 0.264. The number of carbonyl (C=O) groups is 1. The maximum absolute atomic E-state index is 12.2. The first-order valence-corrected chi connectivity index (χ1v) is 9.01. The Kier molecular flexibility index (Phi) is 6.37. The molecule has 0 amide bonds. The van der Waals surface area contributed by atoms with E-state index in [0.717, 1.165) is 12.0 Å². The maximum Gasteiger partial charge on any atom is 0.494 e. The Labute approximate surface area is 156 Å². The van der Waals surface area contributed by atoms with E-state index in [4.69, 9.17) is 18.8 Å². The molecule has 0 N–H and O–H groups in total. The van der Waals surface area contributed by atoms with Gasteiger partial charge in [-0.15, -0.1) is 0 Å². The third kappa shape index (κ3) is 4.78. The molecule has 0 saturated carbocycles. The van der Waals surface area contributed by atoms with Gasteiger partial charge >= 0.3 is 13.1 Å². The van der Waals surface area contributed by atoms with E-state index in [-0.39, 0.29) is 5.97 Å². The Morgan fingerprint density at radius 1 is 1.12 bits per heavy atom. The van der Waals surface area contributed by atoms with E-state index in [9.17, 15) is 4.79 Å². The van der Waals surface area contributed by atoms with Gasteiger partial charge in [0, 0.05) is 6.54 Å². The average molecular weight is 363 g/mol. The monoisotopic (exact) mass is 363 g/mol. The quantitative estimate of drug-likeness (QED) is 0.546. The molecule has 144 valence electrons. The van der Waals surface area contributed by atoms with Gasteiger partial charge in [-0.3, -0.25) is 0 Å². The van der Waals surface area contributed by atoms with Gasteiger partial charge in [0.15, 0.2) is 0 Å². The van der Waals surface area contributed by atoms with E-state index in [1.54, 1.807) is 19.1 Å². The first kappa shape index (κ1) is 20.7. The van der Waals surface area contributed by atoms with Crippen molar-refractivity contribution < 1.29 is 23.6 Å². The van der Waals surface area contributed by atoms with Crippen molar-refractivity contribution in [3.8, 4) is 5.75 Å². The highest BCUT2D eigenvalue weighted by Gasteiger charge is 2.51. The van der Waals surface area contributed by atoms with Gasteiger partial charge in [0.1, 0.15) is 12.4 Å². The van der Waals surface area contributed by atoms with Crippen LogP contribution in [0.5, 0.6) is 5.75 Å². The zero-order valence-electron chi connectivity index (χ0n) is 16.9. The van der Waals surface area contributed by atoms with Crippen LogP contribution in [0.4, 0.5) is 0 Å². The number of rotatable bonds is 7. The molecule has 0 spiro atoms. The standard InChI is InChI=1S/C19H30BNO5/c1-8-23-17(22)14-11-15(13-16(12-14)24-10-9-21(6)7)20-25-18(2,3)19(4,5)26-20/h11-13H,8-10H2,1-7H3. The van der Waals surface area contributed by atoms with Crippen molar-refractivity contribution in [1.29, 1.82) is 0 Å². The minimum Gasteiger partial charge on any atom is -0.492 e. The predicted molar refractivity (Wildman–Crippen MR) is 102 cm³/mol. The summed E-state index contributed by atoms with van der Waals surface area (Å²) in [6.07, 6.45) is 0. The molecule has 1 heterocycles. The lowest BCUT2D eigenvalue weighted by Crippen LogP contribution is -2.41. The summed E-state index contributed by atoms with van der Waals surface area (Å²) in [5.74, 6) is 0.213. The van der Waals surface area contributed by atoms with Gasteiger partial charge in [0.05, 0.1) is 23.4 Å². The molecule has 1 aromatic carbocycles. The van der Waals surface area contributed by atoms with Crippen molar-refractivity contribution in [3.63, 3.8) is 0 Å². The second-order valence-electron chi connectivity index (χ2n) is 7.75. The molecule has 0 atom stereocenters. The number of esters is 1. The van der Waals surface area contributed by atoms with E-state index in [2.05, 4.69) is 0 Å². The molecule has 1 aliphatic rings. The summed E-state index contributed by atoms with van der Waals surface area (Å²) in [6.45, 7) is 11.4. The first-order chi connectivity index (χ1) is 12.1. The van der Waals surface area contributed by atoms with Crippen LogP contribution in [0, 0.1) is 0 Å². The van der Waals surface area contributed by atoms with Crippen LogP contribution < -0.4 is 10.2 Å². The van der Waals surface area contributed by atoms with Crippen LogP contribution in [0.2, 0.25) is 0 Å². The number of carbonyl (C=O) groups excluding carboxylic acids is 1. The van der Waals surface area contributed by atoms with Crippen LogP contribution in [0.1, 0.15) is 45.0 Å². The lowest BCUT2D eigenvalue weighted by molar-refractivity contribution is 0.00578. The van der Waals surface area contributed by atoms with Gasteiger partial charge in [0.25, 0.3) is 0 Å². The molecule has 0 aliphatic carbocycles. The summed E-state index contributed by atoms with van der Waals surface area (Å²) in [7, 11) is 3.40. The highest BCUT2D eigenvalue weighted by atomic mass is 16.7. The molecular formula is C19H30BNO5. The van der Waals surface area contributed by atoms with Crippen molar-refractivity contribution >= 4 is 18.6 Å². The molecule has 2 rings (SSSR count). The van der Waals surface area contributed by atoms with Gasteiger partial charge in [-0.1, -0.05) is 0 Å².